The van der Waals surface area contributed by atoms with Crippen LogP contribution in [-0.2, 0) is 9.16 Å². The van der Waals surface area contributed by atoms with Gasteiger partial charge in [0.1, 0.15) is 0 Å². The van der Waals surface area contributed by atoms with Gasteiger partial charge < -0.3 is 9.16 Å². The number of halogens is 2. The Balaban J connectivity index is 4.23. The van der Waals surface area contributed by atoms with Gasteiger partial charge in [0, 0.05) is 0 Å². The molecule has 0 saturated carbocycles. The summed E-state index contributed by atoms with van der Waals surface area (Å²) >= 11 is 2.64. The monoisotopic (exact) mass is 242 g/mol. The molecular weight excluding hydrogens is 231 g/mol. The Labute approximate surface area is 75.6 Å². The maximum atomic E-state index is 12.5. The first-order chi connectivity index (χ1) is 4.87. The Bertz CT molecular complexity index is 160. The molecular formula is C6H12BrFO2Si. The lowest BCUT2D eigenvalue weighted by atomic mass is 11.0. The van der Waals surface area contributed by atoms with Gasteiger partial charge in [-0.05, 0) is 35.6 Å². The normalized spacial score (nSPS) is 14.0. The number of ether oxygens (including phenoxy) is 1. The van der Waals surface area contributed by atoms with E-state index in [4.69, 9.17) is 4.43 Å². The molecule has 0 fully saturated rings. The van der Waals surface area contributed by atoms with Crippen molar-refractivity contribution in [2.45, 2.75) is 19.6 Å². The molecule has 0 unspecified atom stereocenters. The summed E-state index contributed by atoms with van der Waals surface area (Å²) in [6.45, 7) is 5.84. The third kappa shape index (κ3) is 5.26. The molecule has 0 aromatic heterocycles. The van der Waals surface area contributed by atoms with E-state index in [1.807, 2.05) is 19.6 Å². The van der Waals surface area contributed by atoms with Gasteiger partial charge in [0.2, 0.25) is 13.1 Å². The van der Waals surface area contributed by atoms with Crippen LogP contribution in [0.25, 0.3) is 0 Å². The largest absolute Gasteiger partial charge is 0.517 e. The Morgan fingerprint density at radius 1 is 1.36 bits per heavy atom. The molecule has 11 heavy (non-hydrogen) atoms. The van der Waals surface area contributed by atoms with Crippen LogP contribution in [0, 0.1) is 0 Å². The van der Waals surface area contributed by atoms with Crippen molar-refractivity contribution in [1.82, 2.24) is 0 Å². The molecule has 2 nitrogen and oxygen atoms in total. The quantitative estimate of drug-likeness (QED) is 0.560. The molecule has 0 radical (unpaired) electrons. The zero-order chi connectivity index (χ0) is 9.07. The van der Waals surface area contributed by atoms with Crippen LogP contribution in [0.3, 0.4) is 0 Å². The maximum absolute atomic E-state index is 12.5. The molecule has 0 aliphatic carbocycles. The van der Waals surface area contributed by atoms with Crippen LogP contribution in [-0.4, -0.2) is 15.4 Å². The third-order valence-corrected chi connectivity index (χ3v) is 1.86. The van der Waals surface area contributed by atoms with E-state index in [1.54, 1.807) is 0 Å². The van der Waals surface area contributed by atoms with Crippen molar-refractivity contribution in [3.8, 4) is 0 Å². The zero-order valence-corrected chi connectivity index (χ0v) is 9.66. The first-order valence-electron chi connectivity index (χ1n) is 3.15. The molecule has 0 N–H and O–H groups in total. The summed E-state index contributed by atoms with van der Waals surface area (Å²) in [6, 6.07) is 0. The molecule has 66 valence electrons. The van der Waals surface area contributed by atoms with Crippen LogP contribution < -0.4 is 0 Å². The second-order valence-electron chi connectivity index (χ2n) is 2.97. The van der Waals surface area contributed by atoms with Gasteiger partial charge in [-0.2, -0.15) is 4.39 Å². The van der Waals surface area contributed by atoms with Gasteiger partial charge in [0.15, 0.2) is 0 Å². The predicted octanol–water partition coefficient (Wildman–Crippen LogP) is 2.98. The van der Waals surface area contributed by atoms with Gasteiger partial charge in [0.05, 0.1) is 7.11 Å². The molecule has 0 heterocycles. The third-order valence-electron chi connectivity index (χ3n) is 0.739. The first-order valence-corrected chi connectivity index (χ1v) is 7.35. The number of hydrogen-bond acceptors (Lipinski definition) is 2. The Morgan fingerprint density at radius 2 is 1.82 bits per heavy atom. The van der Waals surface area contributed by atoms with Crippen molar-refractivity contribution < 1.29 is 13.6 Å². The minimum Gasteiger partial charge on any atom is -0.517 e. The number of hydrogen-bond donors (Lipinski definition) is 0. The fourth-order valence-electron chi connectivity index (χ4n) is 0.435. The molecule has 0 aliphatic rings. The van der Waals surface area contributed by atoms with Crippen molar-refractivity contribution in [1.29, 1.82) is 0 Å². The molecule has 0 aliphatic heterocycles. The lowest BCUT2D eigenvalue weighted by molar-refractivity contribution is 0.138. The molecule has 5 heteroatoms. The van der Waals surface area contributed by atoms with E-state index in [0.717, 1.165) is 0 Å². The van der Waals surface area contributed by atoms with E-state index in [9.17, 15) is 4.39 Å². The summed E-state index contributed by atoms with van der Waals surface area (Å²) in [5, 5.41) is 0. The smallest absolute Gasteiger partial charge is 0.310 e. The van der Waals surface area contributed by atoms with E-state index < -0.39 is 13.1 Å². The summed E-state index contributed by atoms with van der Waals surface area (Å²) in [6.07, 6.45) is 0. The van der Waals surface area contributed by atoms with E-state index >= 15 is 0 Å². The van der Waals surface area contributed by atoms with Crippen molar-refractivity contribution in [2.24, 2.45) is 0 Å². The summed E-state index contributed by atoms with van der Waals surface area (Å²) in [7, 11) is -0.386. The zero-order valence-electron chi connectivity index (χ0n) is 7.07. The average Bonchev–Trinajstić information content (AvgIpc) is 1.80. The summed E-state index contributed by atoms with van der Waals surface area (Å²) in [5.41, 5.74) is 0. The van der Waals surface area contributed by atoms with Gasteiger partial charge in [-0.3, -0.25) is 0 Å². The molecule has 0 bridgehead atoms. The highest BCUT2D eigenvalue weighted by atomic mass is 79.9. The van der Waals surface area contributed by atoms with E-state index in [2.05, 4.69) is 20.7 Å². The highest BCUT2D eigenvalue weighted by molar-refractivity contribution is 9.11. The van der Waals surface area contributed by atoms with E-state index in [1.165, 1.54) is 7.11 Å². The van der Waals surface area contributed by atoms with Crippen LogP contribution in [0.5, 0.6) is 0 Å². The molecule has 0 atom stereocenters. The molecule has 0 spiro atoms. The molecule has 0 aromatic carbocycles. The standard InChI is InChI=1S/C6H12BrFO2Si/c1-9-6(5(7)8)10-11(2,3)4/h1-4H3/b6-5+. The van der Waals surface area contributed by atoms with Gasteiger partial charge in [-0.1, -0.05) is 0 Å². The molecule has 0 rings (SSSR count). The van der Waals surface area contributed by atoms with Gasteiger partial charge in [-0.25, -0.2) is 0 Å². The predicted molar refractivity (Wildman–Crippen MR) is 48.5 cm³/mol. The van der Waals surface area contributed by atoms with Crippen molar-refractivity contribution in [3.63, 3.8) is 0 Å². The van der Waals surface area contributed by atoms with Crippen molar-refractivity contribution in [3.05, 3.63) is 10.7 Å². The molecule has 0 amide bonds. The first kappa shape index (κ1) is 11.0. The lowest BCUT2D eigenvalue weighted by Gasteiger charge is -2.19. The Hall–Kier alpha value is -0.0331. The van der Waals surface area contributed by atoms with Crippen LogP contribution >= 0.6 is 15.9 Å². The average molecular weight is 243 g/mol. The number of rotatable bonds is 3. The topological polar surface area (TPSA) is 18.5 Å². The van der Waals surface area contributed by atoms with Crippen LogP contribution in [0.15, 0.2) is 10.7 Å². The minimum atomic E-state index is -1.76. The highest BCUT2D eigenvalue weighted by Gasteiger charge is 2.20. The Morgan fingerprint density at radius 3 is 1.91 bits per heavy atom. The minimum absolute atomic E-state index is 0.0656. The van der Waals surface area contributed by atoms with Crippen LogP contribution in [0.2, 0.25) is 19.6 Å². The molecule has 0 aromatic rings. The Kier molecular flexibility index (Phi) is 4.10. The van der Waals surface area contributed by atoms with Crippen molar-refractivity contribution >= 4 is 24.2 Å². The molecule has 0 saturated heterocycles. The van der Waals surface area contributed by atoms with Gasteiger partial charge in [0.25, 0.3) is 0 Å². The summed E-state index contributed by atoms with van der Waals surface area (Å²) in [4.78, 5) is 0. The van der Waals surface area contributed by atoms with Gasteiger partial charge >= 0.3 is 5.95 Å². The van der Waals surface area contributed by atoms with Gasteiger partial charge in [-0.15, -0.1) is 0 Å². The van der Waals surface area contributed by atoms with Crippen LogP contribution in [0.4, 0.5) is 4.39 Å². The SMILES string of the molecule is CO/C(O[Si](C)(C)C)=C(\F)Br. The fraction of sp³-hybridized carbons (Fsp3) is 0.667. The second kappa shape index (κ2) is 4.11. The summed E-state index contributed by atoms with van der Waals surface area (Å²) < 4.78 is 21.8. The fourth-order valence-corrected chi connectivity index (χ4v) is 1.56. The second-order valence-corrected chi connectivity index (χ2v) is 8.09. The van der Waals surface area contributed by atoms with Crippen LogP contribution in [0.1, 0.15) is 0 Å². The van der Waals surface area contributed by atoms with E-state index in [-0.39, 0.29) is 5.95 Å². The maximum Gasteiger partial charge on any atom is 0.310 e. The van der Waals surface area contributed by atoms with E-state index in [0.29, 0.717) is 0 Å². The summed E-state index contributed by atoms with van der Waals surface area (Å²) in [5.74, 6) is -0.0656. The van der Waals surface area contributed by atoms with Crippen molar-refractivity contribution in [2.75, 3.05) is 7.11 Å². The lowest BCUT2D eigenvalue weighted by Crippen LogP contribution is -2.25. The highest BCUT2D eigenvalue weighted by Crippen LogP contribution is 2.19. The number of methoxy groups -OCH3 is 1.